The van der Waals surface area contributed by atoms with Gasteiger partial charge in [-0.3, -0.25) is 0 Å². The zero-order valence-corrected chi connectivity index (χ0v) is 22.1. The van der Waals surface area contributed by atoms with Crippen LogP contribution >= 0.6 is 24.0 Å². The lowest BCUT2D eigenvalue weighted by Crippen LogP contribution is -2.33. The first-order chi connectivity index (χ1) is 15.5. The summed E-state index contributed by atoms with van der Waals surface area (Å²) in [7, 11) is 6.67. The number of nitrogens with one attached hydrogen (secondary N) is 2. The van der Waals surface area contributed by atoms with Crippen molar-refractivity contribution in [2.75, 3.05) is 26.6 Å². The van der Waals surface area contributed by atoms with Crippen molar-refractivity contribution >= 4 is 35.6 Å². The Morgan fingerprint density at radius 3 is 2.18 bits per heavy atom. The standard InChI is InChI=1S/C23H30N6O3.HI/c1-15(17-10-8-7-9-11-17)25-23(24-14-21-28-27-16(2)29(21)3)26-18-12-19(30-4)22(32-6)20(13-18)31-5;/h7-13,15H,14H2,1-6H3,(H2,24,25,26);1H. The van der Waals surface area contributed by atoms with Gasteiger partial charge in [-0.25, -0.2) is 4.99 Å². The molecule has 10 heteroatoms. The van der Waals surface area contributed by atoms with Gasteiger partial charge in [-0.1, -0.05) is 30.3 Å². The Balaban J connectivity index is 0.00000385. The van der Waals surface area contributed by atoms with Crippen LogP contribution in [0.2, 0.25) is 0 Å². The van der Waals surface area contributed by atoms with Crippen molar-refractivity contribution in [2.24, 2.45) is 12.0 Å². The maximum absolute atomic E-state index is 5.47. The lowest BCUT2D eigenvalue weighted by atomic mass is 10.1. The molecular weight excluding hydrogens is 535 g/mol. The molecule has 0 aliphatic carbocycles. The minimum absolute atomic E-state index is 0. The fourth-order valence-corrected chi connectivity index (χ4v) is 3.18. The van der Waals surface area contributed by atoms with Crippen LogP contribution in [0.15, 0.2) is 47.5 Å². The summed E-state index contributed by atoms with van der Waals surface area (Å²) in [4.78, 5) is 4.74. The Labute approximate surface area is 211 Å². The molecule has 0 fully saturated rings. The smallest absolute Gasteiger partial charge is 0.203 e. The van der Waals surface area contributed by atoms with E-state index in [-0.39, 0.29) is 30.0 Å². The number of benzene rings is 2. The molecule has 2 aromatic carbocycles. The number of aryl methyl sites for hydroxylation is 1. The molecule has 0 radical (unpaired) electrons. The van der Waals surface area contributed by atoms with Gasteiger partial charge in [0.05, 0.1) is 27.4 Å². The zero-order valence-electron chi connectivity index (χ0n) is 19.7. The van der Waals surface area contributed by atoms with Gasteiger partial charge < -0.3 is 29.4 Å². The number of nitrogens with zero attached hydrogens (tertiary/aromatic N) is 4. The molecule has 1 heterocycles. The van der Waals surface area contributed by atoms with Gasteiger partial charge in [0.1, 0.15) is 12.4 Å². The van der Waals surface area contributed by atoms with E-state index in [9.17, 15) is 0 Å². The maximum Gasteiger partial charge on any atom is 0.203 e. The molecule has 9 nitrogen and oxygen atoms in total. The summed E-state index contributed by atoms with van der Waals surface area (Å²) in [5.74, 6) is 3.80. The van der Waals surface area contributed by atoms with E-state index >= 15 is 0 Å². The molecule has 0 saturated heterocycles. The van der Waals surface area contributed by atoms with Gasteiger partial charge in [0, 0.05) is 24.9 Å². The van der Waals surface area contributed by atoms with E-state index in [0.717, 1.165) is 22.9 Å². The fourth-order valence-electron chi connectivity index (χ4n) is 3.18. The average molecular weight is 566 g/mol. The van der Waals surface area contributed by atoms with Crippen LogP contribution in [-0.2, 0) is 13.6 Å². The summed E-state index contributed by atoms with van der Waals surface area (Å²) in [5, 5.41) is 15.1. The van der Waals surface area contributed by atoms with E-state index in [1.54, 1.807) is 21.3 Å². The topological polar surface area (TPSA) is 94.8 Å². The van der Waals surface area contributed by atoms with Gasteiger partial charge >= 0.3 is 0 Å². The number of guanidine groups is 1. The van der Waals surface area contributed by atoms with Crippen LogP contribution in [0.3, 0.4) is 0 Å². The molecule has 0 saturated carbocycles. The highest BCUT2D eigenvalue weighted by Crippen LogP contribution is 2.39. The van der Waals surface area contributed by atoms with Gasteiger partial charge in [-0.2, -0.15) is 0 Å². The first kappa shape index (κ1) is 26.2. The van der Waals surface area contributed by atoms with Crippen molar-refractivity contribution in [3.8, 4) is 17.2 Å². The predicted octanol–water partition coefficient (Wildman–Crippen LogP) is 4.09. The lowest BCUT2D eigenvalue weighted by molar-refractivity contribution is 0.324. The third-order valence-electron chi connectivity index (χ3n) is 5.14. The molecule has 1 atom stereocenters. The number of halogens is 1. The number of ether oxygens (including phenoxy) is 3. The van der Waals surface area contributed by atoms with Crippen LogP contribution in [0.1, 0.15) is 30.2 Å². The van der Waals surface area contributed by atoms with E-state index in [1.165, 1.54) is 0 Å². The van der Waals surface area contributed by atoms with E-state index < -0.39 is 0 Å². The number of methoxy groups -OCH3 is 3. The molecule has 0 amide bonds. The molecule has 3 aromatic rings. The second kappa shape index (κ2) is 12.3. The fraction of sp³-hybridized carbons (Fsp3) is 0.348. The number of anilines is 1. The Morgan fingerprint density at radius 1 is 1.03 bits per heavy atom. The Bertz CT molecular complexity index is 1050. The third kappa shape index (κ3) is 6.50. The SMILES string of the molecule is COc1cc(NC(=NCc2nnc(C)n2C)NC(C)c2ccccc2)cc(OC)c1OC.I. The summed E-state index contributed by atoms with van der Waals surface area (Å²) in [6, 6.07) is 13.8. The summed E-state index contributed by atoms with van der Waals surface area (Å²) in [6.07, 6.45) is 0. The largest absolute Gasteiger partial charge is 0.493 e. The second-order valence-corrected chi connectivity index (χ2v) is 7.20. The average Bonchev–Trinajstić information content (AvgIpc) is 3.14. The molecule has 1 aromatic heterocycles. The summed E-state index contributed by atoms with van der Waals surface area (Å²) >= 11 is 0. The molecule has 0 spiro atoms. The van der Waals surface area contributed by atoms with Crippen molar-refractivity contribution in [1.82, 2.24) is 20.1 Å². The van der Waals surface area contributed by atoms with Gasteiger partial charge in [0.15, 0.2) is 23.3 Å². The minimum Gasteiger partial charge on any atom is -0.493 e. The molecular formula is C23H31IN6O3. The lowest BCUT2D eigenvalue weighted by Gasteiger charge is -2.20. The maximum atomic E-state index is 5.47. The second-order valence-electron chi connectivity index (χ2n) is 7.20. The van der Waals surface area contributed by atoms with E-state index in [4.69, 9.17) is 19.2 Å². The van der Waals surface area contributed by atoms with Crippen molar-refractivity contribution in [2.45, 2.75) is 26.4 Å². The molecule has 1 unspecified atom stereocenters. The quantitative estimate of drug-likeness (QED) is 0.241. The number of rotatable bonds is 8. The highest BCUT2D eigenvalue weighted by molar-refractivity contribution is 14.0. The highest BCUT2D eigenvalue weighted by atomic mass is 127. The number of hydrogen-bond acceptors (Lipinski definition) is 6. The molecule has 0 aliphatic heterocycles. The van der Waals surface area contributed by atoms with Crippen LogP contribution in [-0.4, -0.2) is 42.1 Å². The van der Waals surface area contributed by atoms with Crippen molar-refractivity contribution < 1.29 is 14.2 Å². The molecule has 0 bridgehead atoms. The minimum atomic E-state index is 0. The van der Waals surface area contributed by atoms with E-state index in [1.807, 2.05) is 48.9 Å². The molecule has 2 N–H and O–H groups in total. The van der Waals surface area contributed by atoms with Crippen LogP contribution in [0, 0.1) is 6.92 Å². The van der Waals surface area contributed by atoms with Crippen LogP contribution in [0.4, 0.5) is 5.69 Å². The first-order valence-corrected chi connectivity index (χ1v) is 10.2. The molecule has 178 valence electrons. The Morgan fingerprint density at radius 2 is 1.67 bits per heavy atom. The van der Waals surface area contributed by atoms with Gasteiger partial charge in [-0.15, -0.1) is 34.2 Å². The number of aromatic nitrogens is 3. The van der Waals surface area contributed by atoms with Gasteiger partial charge in [0.25, 0.3) is 0 Å². The zero-order chi connectivity index (χ0) is 23.1. The predicted molar refractivity (Wildman–Crippen MR) is 140 cm³/mol. The first-order valence-electron chi connectivity index (χ1n) is 10.2. The number of hydrogen-bond donors (Lipinski definition) is 2. The van der Waals surface area contributed by atoms with Crippen molar-refractivity contribution in [1.29, 1.82) is 0 Å². The molecule has 3 rings (SSSR count). The number of aliphatic imine (C=N–C) groups is 1. The van der Waals surface area contributed by atoms with Gasteiger partial charge in [0.2, 0.25) is 5.75 Å². The molecule has 33 heavy (non-hydrogen) atoms. The van der Waals surface area contributed by atoms with Crippen molar-refractivity contribution in [3.63, 3.8) is 0 Å². The highest BCUT2D eigenvalue weighted by Gasteiger charge is 2.15. The third-order valence-corrected chi connectivity index (χ3v) is 5.14. The Kier molecular flexibility index (Phi) is 9.76. The summed E-state index contributed by atoms with van der Waals surface area (Å²) < 4.78 is 18.3. The summed E-state index contributed by atoms with van der Waals surface area (Å²) in [6.45, 7) is 4.35. The van der Waals surface area contributed by atoms with Gasteiger partial charge in [-0.05, 0) is 19.4 Å². The van der Waals surface area contributed by atoms with E-state index in [0.29, 0.717) is 29.8 Å². The normalized spacial score (nSPS) is 11.9. The Hall–Kier alpha value is -3.02. The van der Waals surface area contributed by atoms with Crippen molar-refractivity contribution in [3.05, 3.63) is 59.7 Å². The summed E-state index contributed by atoms with van der Waals surface area (Å²) in [5.41, 5.74) is 1.88. The monoisotopic (exact) mass is 566 g/mol. The van der Waals surface area contributed by atoms with Crippen LogP contribution in [0.25, 0.3) is 0 Å². The van der Waals surface area contributed by atoms with E-state index in [2.05, 4.69) is 39.9 Å². The van der Waals surface area contributed by atoms with Crippen LogP contribution < -0.4 is 24.8 Å². The molecule has 0 aliphatic rings. The van der Waals surface area contributed by atoms with Crippen LogP contribution in [0.5, 0.6) is 17.2 Å².